The summed E-state index contributed by atoms with van der Waals surface area (Å²) >= 11 is 0. The summed E-state index contributed by atoms with van der Waals surface area (Å²) in [5, 5.41) is 3.41. The average Bonchev–Trinajstić information content (AvgIpc) is 3.09. The molecule has 0 radical (unpaired) electrons. The van der Waals surface area contributed by atoms with Crippen LogP contribution in [0.2, 0.25) is 0 Å². The number of nitrogens with zero attached hydrogens (tertiary/aromatic N) is 3. The average molecular weight is 294 g/mol. The summed E-state index contributed by atoms with van der Waals surface area (Å²) in [5.74, 6) is 0.815. The molecule has 4 nitrogen and oxygen atoms in total. The van der Waals surface area contributed by atoms with Crippen LogP contribution in [-0.2, 0) is 0 Å². The second-order valence-corrected chi connectivity index (χ2v) is 5.57. The zero-order valence-electron chi connectivity index (χ0n) is 12.8. The fourth-order valence-corrected chi connectivity index (χ4v) is 2.80. The lowest BCUT2D eigenvalue weighted by atomic mass is 10.0. The van der Waals surface area contributed by atoms with E-state index in [0.717, 1.165) is 35.7 Å². The first kappa shape index (κ1) is 14.7. The van der Waals surface area contributed by atoms with Crippen molar-refractivity contribution in [2.75, 3.05) is 31.5 Å². The molecule has 0 aliphatic carbocycles. The molecule has 1 fully saturated rings. The molecule has 1 saturated heterocycles. The fraction of sp³-hybridized carbons (Fsp3) is 0.333. The fourth-order valence-electron chi connectivity index (χ4n) is 2.80. The molecule has 0 spiro atoms. The Kier molecular flexibility index (Phi) is 4.81. The highest BCUT2D eigenvalue weighted by atomic mass is 15.2. The van der Waals surface area contributed by atoms with Gasteiger partial charge >= 0.3 is 0 Å². The smallest absolute Gasteiger partial charge is 0.152 e. The van der Waals surface area contributed by atoms with Crippen molar-refractivity contribution in [2.24, 2.45) is 0 Å². The maximum atomic E-state index is 4.47. The van der Waals surface area contributed by atoms with Crippen LogP contribution >= 0.6 is 0 Å². The van der Waals surface area contributed by atoms with Crippen molar-refractivity contribution in [1.82, 2.24) is 14.9 Å². The van der Waals surface area contributed by atoms with Crippen LogP contribution in [0.3, 0.4) is 0 Å². The molecule has 3 rings (SSSR count). The summed E-state index contributed by atoms with van der Waals surface area (Å²) in [6.45, 7) is 8.55. The molecule has 114 valence electrons. The molecular formula is C18H22N4. The van der Waals surface area contributed by atoms with Gasteiger partial charge < -0.3 is 10.2 Å². The Morgan fingerprint density at radius 1 is 1.09 bits per heavy atom. The number of aromatic nitrogens is 2. The third kappa shape index (κ3) is 3.52. The number of hydrogen-bond donors (Lipinski definition) is 1. The minimum absolute atomic E-state index is 0.815. The molecule has 2 heterocycles. The number of nitrogens with one attached hydrogen (secondary N) is 1. The van der Waals surface area contributed by atoms with Crippen LogP contribution in [-0.4, -0.2) is 41.0 Å². The first-order valence-corrected chi connectivity index (χ1v) is 7.86. The van der Waals surface area contributed by atoms with E-state index in [1.54, 1.807) is 12.4 Å². The molecule has 1 aromatic carbocycles. The summed E-state index contributed by atoms with van der Waals surface area (Å²) < 4.78 is 0. The molecule has 2 aromatic rings. The Bertz CT molecular complexity index is 618. The Hall–Kier alpha value is -2.20. The first-order valence-electron chi connectivity index (χ1n) is 7.86. The molecule has 1 aliphatic rings. The second kappa shape index (κ2) is 7.18. The molecule has 0 unspecified atom stereocenters. The van der Waals surface area contributed by atoms with Gasteiger partial charge in [0, 0.05) is 31.1 Å². The third-order valence-corrected chi connectivity index (χ3v) is 4.03. The van der Waals surface area contributed by atoms with Gasteiger partial charge in [0.2, 0.25) is 0 Å². The van der Waals surface area contributed by atoms with Gasteiger partial charge in [-0.15, -0.1) is 0 Å². The molecule has 4 heteroatoms. The predicted molar refractivity (Wildman–Crippen MR) is 90.8 cm³/mol. The van der Waals surface area contributed by atoms with E-state index in [0.29, 0.717) is 0 Å². The SMILES string of the molecule is C=C(c1ccccc1)c1nccnc1NCCN1CCCC1. The highest BCUT2D eigenvalue weighted by molar-refractivity contribution is 5.81. The zero-order valence-corrected chi connectivity index (χ0v) is 12.8. The van der Waals surface area contributed by atoms with Crippen molar-refractivity contribution < 1.29 is 0 Å². The number of benzene rings is 1. The van der Waals surface area contributed by atoms with Crippen LogP contribution < -0.4 is 5.32 Å². The van der Waals surface area contributed by atoms with Crippen LogP contribution in [0.5, 0.6) is 0 Å². The molecule has 0 atom stereocenters. The van der Waals surface area contributed by atoms with Gasteiger partial charge in [0.15, 0.2) is 5.82 Å². The number of likely N-dealkylation sites (tertiary alicyclic amines) is 1. The van der Waals surface area contributed by atoms with E-state index in [4.69, 9.17) is 0 Å². The van der Waals surface area contributed by atoms with Crippen LogP contribution in [0, 0.1) is 0 Å². The lowest BCUT2D eigenvalue weighted by Gasteiger charge is -2.16. The van der Waals surface area contributed by atoms with Crippen LogP contribution in [0.1, 0.15) is 24.1 Å². The lowest BCUT2D eigenvalue weighted by Crippen LogP contribution is -2.26. The van der Waals surface area contributed by atoms with E-state index < -0.39 is 0 Å². The van der Waals surface area contributed by atoms with E-state index in [-0.39, 0.29) is 0 Å². The van der Waals surface area contributed by atoms with Crippen molar-refractivity contribution in [1.29, 1.82) is 0 Å². The molecule has 0 amide bonds. The van der Waals surface area contributed by atoms with Gasteiger partial charge in [-0.3, -0.25) is 4.98 Å². The molecule has 1 N–H and O–H groups in total. The van der Waals surface area contributed by atoms with Crippen LogP contribution in [0.4, 0.5) is 5.82 Å². The van der Waals surface area contributed by atoms with E-state index in [2.05, 4.69) is 26.8 Å². The van der Waals surface area contributed by atoms with Gasteiger partial charge in [0.25, 0.3) is 0 Å². The topological polar surface area (TPSA) is 41.1 Å². The van der Waals surface area contributed by atoms with Crippen LogP contribution in [0.15, 0.2) is 49.3 Å². The Morgan fingerprint density at radius 3 is 2.59 bits per heavy atom. The molecule has 0 bridgehead atoms. The van der Waals surface area contributed by atoms with E-state index in [1.807, 2.05) is 30.3 Å². The van der Waals surface area contributed by atoms with E-state index in [1.165, 1.54) is 25.9 Å². The third-order valence-electron chi connectivity index (χ3n) is 4.03. The summed E-state index contributed by atoms with van der Waals surface area (Å²) in [7, 11) is 0. The summed E-state index contributed by atoms with van der Waals surface area (Å²) in [4.78, 5) is 11.4. The maximum absolute atomic E-state index is 4.47. The van der Waals surface area contributed by atoms with Gasteiger partial charge in [-0.1, -0.05) is 36.9 Å². The predicted octanol–water partition coefficient (Wildman–Crippen LogP) is 3.05. The number of hydrogen-bond acceptors (Lipinski definition) is 4. The van der Waals surface area contributed by atoms with Crippen LogP contribution in [0.25, 0.3) is 5.57 Å². The van der Waals surface area contributed by atoms with Gasteiger partial charge in [0.1, 0.15) is 5.69 Å². The number of anilines is 1. The Labute approximate surface area is 131 Å². The van der Waals surface area contributed by atoms with E-state index in [9.17, 15) is 0 Å². The molecule has 22 heavy (non-hydrogen) atoms. The standard InChI is InChI=1S/C18H22N4/c1-15(16-7-3-2-4-8-16)17-18(20-10-9-19-17)21-11-14-22-12-5-6-13-22/h2-4,7-10H,1,5-6,11-14H2,(H,20,21). The van der Waals surface area contributed by atoms with Crippen molar-refractivity contribution in [3.8, 4) is 0 Å². The Balaban J connectivity index is 1.68. The lowest BCUT2D eigenvalue weighted by molar-refractivity contribution is 0.352. The molecule has 1 aliphatic heterocycles. The highest BCUT2D eigenvalue weighted by Gasteiger charge is 2.13. The van der Waals surface area contributed by atoms with Crippen molar-refractivity contribution in [3.05, 3.63) is 60.6 Å². The highest BCUT2D eigenvalue weighted by Crippen LogP contribution is 2.24. The molecule has 1 aromatic heterocycles. The summed E-state index contributed by atoms with van der Waals surface area (Å²) in [6.07, 6.45) is 6.08. The minimum atomic E-state index is 0.815. The quantitative estimate of drug-likeness (QED) is 0.889. The minimum Gasteiger partial charge on any atom is -0.367 e. The van der Waals surface area contributed by atoms with Gasteiger partial charge in [-0.05, 0) is 31.5 Å². The second-order valence-electron chi connectivity index (χ2n) is 5.57. The zero-order chi connectivity index (χ0) is 15.2. The first-order chi connectivity index (χ1) is 10.8. The van der Waals surface area contributed by atoms with Gasteiger partial charge in [0.05, 0.1) is 0 Å². The Morgan fingerprint density at radius 2 is 1.82 bits per heavy atom. The molecule has 0 saturated carbocycles. The van der Waals surface area contributed by atoms with E-state index >= 15 is 0 Å². The van der Waals surface area contributed by atoms with Gasteiger partial charge in [-0.2, -0.15) is 0 Å². The largest absolute Gasteiger partial charge is 0.367 e. The summed E-state index contributed by atoms with van der Waals surface area (Å²) in [6, 6.07) is 10.1. The van der Waals surface area contributed by atoms with Crippen molar-refractivity contribution in [3.63, 3.8) is 0 Å². The van der Waals surface area contributed by atoms with Gasteiger partial charge in [-0.25, -0.2) is 4.98 Å². The number of rotatable bonds is 6. The molecular weight excluding hydrogens is 272 g/mol. The maximum Gasteiger partial charge on any atom is 0.152 e. The normalized spacial score (nSPS) is 14.9. The van der Waals surface area contributed by atoms with Crippen molar-refractivity contribution in [2.45, 2.75) is 12.8 Å². The van der Waals surface area contributed by atoms with Crippen molar-refractivity contribution >= 4 is 11.4 Å². The summed E-state index contributed by atoms with van der Waals surface area (Å²) in [5.41, 5.74) is 2.80. The monoisotopic (exact) mass is 294 g/mol.